The third-order valence-corrected chi connectivity index (χ3v) is 4.55. The number of amides is 1. The summed E-state index contributed by atoms with van der Waals surface area (Å²) in [5, 5.41) is 6.16. The fraction of sp³-hybridized carbons (Fsp3) is 0.455. The summed E-state index contributed by atoms with van der Waals surface area (Å²) in [6, 6.07) is 7.55. The van der Waals surface area contributed by atoms with E-state index in [1.165, 1.54) is 6.26 Å². The van der Waals surface area contributed by atoms with Crippen LogP contribution in [0.3, 0.4) is 0 Å². The third-order valence-electron chi connectivity index (χ3n) is 4.55. The number of rotatable bonds is 10. The summed E-state index contributed by atoms with van der Waals surface area (Å²) in [5.74, 6) is 2.49. The number of nitrogens with zero attached hydrogens (tertiary/aromatic N) is 2. The van der Waals surface area contributed by atoms with Gasteiger partial charge >= 0.3 is 0 Å². The van der Waals surface area contributed by atoms with Crippen molar-refractivity contribution in [2.45, 2.75) is 26.8 Å². The van der Waals surface area contributed by atoms with Crippen LogP contribution in [0, 0.1) is 6.92 Å². The number of methoxy groups -OCH3 is 2. The van der Waals surface area contributed by atoms with Crippen molar-refractivity contribution in [2.24, 2.45) is 4.99 Å². The average Bonchev–Trinajstić information content (AvgIpc) is 3.18. The van der Waals surface area contributed by atoms with Crippen molar-refractivity contribution >= 4 is 11.9 Å². The molecule has 2 rings (SSSR count). The van der Waals surface area contributed by atoms with Crippen molar-refractivity contribution < 1.29 is 18.7 Å². The van der Waals surface area contributed by atoms with Crippen LogP contribution >= 0.6 is 0 Å². The second kappa shape index (κ2) is 11.7. The molecular weight excluding hydrogens is 384 g/mol. The molecule has 0 spiro atoms. The predicted molar refractivity (Wildman–Crippen MR) is 117 cm³/mol. The number of hydrogen-bond donors (Lipinski definition) is 2. The number of nitrogens with one attached hydrogen (secondary N) is 2. The predicted octanol–water partition coefficient (Wildman–Crippen LogP) is 2.82. The van der Waals surface area contributed by atoms with E-state index in [4.69, 9.17) is 13.9 Å². The number of benzene rings is 1. The van der Waals surface area contributed by atoms with Crippen LogP contribution in [0.15, 0.2) is 39.9 Å². The van der Waals surface area contributed by atoms with Gasteiger partial charge in [-0.3, -0.25) is 9.79 Å². The Labute approximate surface area is 178 Å². The van der Waals surface area contributed by atoms with Gasteiger partial charge < -0.3 is 29.4 Å². The van der Waals surface area contributed by atoms with Crippen molar-refractivity contribution in [1.29, 1.82) is 0 Å². The maximum absolute atomic E-state index is 12.1. The topological polar surface area (TPSA) is 88.3 Å². The monoisotopic (exact) mass is 416 g/mol. The molecule has 164 valence electrons. The first kappa shape index (κ1) is 23.1. The van der Waals surface area contributed by atoms with Gasteiger partial charge in [-0.25, -0.2) is 0 Å². The Balaban J connectivity index is 1.90. The van der Waals surface area contributed by atoms with Crippen LogP contribution in [0.4, 0.5) is 0 Å². The van der Waals surface area contributed by atoms with Crippen LogP contribution < -0.4 is 20.1 Å². The molecule has 1 heterocycles. The van der Waals surface area contributed by atoms with Gasteiger partial charge in [-0.2, -0.15) is 0 Å². The van der Waals surface area contributed by atoms with Gasteiger partial charge in [0.25, 0.3) is 5.91 Å². The van der Waals surface area contributed by atoms with E-state index in [-0.39, 0.29) is 5.91 Å². The highest BCUT2D eigenvalue weighted by molar-refractivity contribution is 5.92. The lowest BCUT2D eigenvalue weighted by Gasteiger charge is -2.23. The van der Waals surface area contributed by atoms with Crippen molar-refractivity contribution in [3.63, 3.8) is 0 Å². The maximum atomic E-state index is 12.1. The van der Waals surface area contributed by atoms with E-state index in [0.717, 1.165) is 41.6 Å². The molecule has 2 N–H and O–H groups in total. The summed E-state index contributed by atoms with van der Waals surface area (Å²) >= 11 is 0. The first-order chi connectivity index (χ1) is 14.5. The zero-order valence-electron chi connectivity index (χ0n) is 18.4. The zero-order valence-corrected chi connectivity index (χ0v) is 18.4. The zero-order chi connectivity index (χ0) is 21.9. The highest BCUT2D eigenvalue weighted by Gasteiger charge is 2.12. The summed E-state index contributed by atoms with van der Waals surface area (Å²) in [5.41, 5.74) is 1.86. The number of carbonyl (C=O) groups is 1. The van der Waals surface area contributed by atoms with Gasteiger partial charge in [-0.05, 0) is 38.5 Å². The van der Waals surface area contributed by atoms with Gasteiger partial charge in [0.15, 0.2) is 11.7 Å². The summed E-state index contributed by atoms with van der Waals surface area (Å²) in [6.45, 7) is 6.38. The molecule has 30 heavy (non-hydrogen) atoms. The number of hydrogen-bond acceptors (Lipinski definition) is 5. The first-order valence-electron chi connectivity index (χ1n) is 10.0. The standard InChI is InChI=1S/C22H32N4O4/c1-6-23-22(25-12-7-11-24-21(27)20-16(2)10-13-30-20)26(3)15-17-8-9-18(28-4)14-19(17)29-5/h8-10,13-14H,6-7,11-12,15H2,1-5H3,(H,23,25)(H,24,27). The quantitative estimate of drug-likeness (QED) is 0.352. The molecule has 2 aromatic rings. The van der Waals surface area contributed by atoms with E-state index in [1.807, 2.05) is 44.0 Å². The Morgan fingerprint density at radius 2 is 2.00 bits per heavy atom. The summed E-state index contributed by atoms with van der Waals surface area (Å²) in [4.78, 5) is 18.8. The second-order valence-corrected chi connectivity index (χ2v) is 6.81. The SMILES string of the molecule is CCNC(=NCCCNC(=O)c1occc1C)N(C)Cc1ccc(OC)cc1OC. The molecule has 1 aromatic heterocycles. The van der Waals surface area contributed by atoms with Crippen molar-refractivity contribution in [3.05, 3.63) is 47.4 Å². The number of aryl methyl sites for hydroxylation is 1. The van der Waals surface area contributed by atoms with E-state index in [2.05, 4.69) is 15.6 Å². The van der Waals surface area contributed by atoms with Gasteiger partial charge in [0, 0.05) is 50.4 Å². The maximum Gasteiger partial charge on any atom is 0.287 e. The van der Waals surface area contributed by atoms with Crippen molar-refractivity contribution in [1.82, 2.24) is 15.5 Å². The molecule has 1 amide bonds. The highest BCUT2D eigenvalue weighted by Crippen LogP contribution is 2.25. The minimum absolute atomic E-state index is 0.197. The van der Waals surface area contributed by atoms with Crippen LogP contribution in [0.1, 0.15) is 35.0 Å². The van der Waals surface area contributed by atoms with Crippen LogP contribution in [0.2, 0.25) is 0 Å². The summed E-state index contributed by atoms with van der Waals surface area (Å²) < 4.78 is 15.9. The molecule has 0 bridgehead atoms. The lowest BCUT2D eigenvalue weighted by molar-refractivity contribution is 0.0925. The Morgan fingerprint density at radius 3 is 2.63 bits per heavy atom. The molecule has 0 unspecified atom stereocenters. The Bertz CT molecular complexity index is 847. The lowest BCUT2D eigenvalue weighted by atomic mass is 10.2. The summed E-state index contributed by atoms with van der Waals surface area (Å²) in [6.07, 6.45) is 2.24. The Hall–Kier alpha value is -3.16. The van der Waals surface area contributed by atoms with E-state index in [0.29, 0.717) is 25.4 Å². The molecule has 0 atom stereocenters. The van der Waals surface area contributed by atoms with E-state index in [9.17, 15) is 4.79 Å². The van der Waals surface area contributed by atoms with Crippen LogP contribution in [-0.2, 0) is 6.54 Å². The molecule has 1 aromatic carbocycles. The van der Waals surface area contributed by atoms with Crippen molar-refractivity contribution in [2.75, 3.05) is 40.9 Å². The fourth-order valence-corrected chi connectivity index (χ4v) is 2.93. The molecular formula is C22H32N4O4. The second-order valence-electron chi connectivity index (χ2n) is 6.81. The largest absolute Gasteiger partial charge is 0.497 e. The van der Waals surface area contributed by atoms with Gasteiger partial charge in [0.1, 0.15) is 11.5 Å². The minimum atomic E-state index is -0.197. The van der Waals surface area contributed by atoms with Gasteiger partial charge in [0.2, 0.25) is 0 Å². The van der Waals surface area contributed by atoms with Gasteiger partial charge in [0.05, 0.1) is 20.5 Å². The van der Waals surface area contributed by atoms with Crippen molar-refractivity contribution in [3.8, 4) is 11.5 Å². The molecule has 0 saturated heterocycles. The van der Waals surface area contributed by atoms with E-state index in [1.54, 1.807) is 20.3 Å². The molecule has 0 aliphatic heterocycles. The molecule has 8 nitrogen and oxygen atoms in total. The van der Waals surface area contributed by atoms with E-state index >= 15 is 0 Å². The molecule has 0 saturated carbocycles. The lowest BCUT2D eigenvalue weighted by Crippen LogP contribution is -2.38. The Kier molecular flexibility index (Phi) is 9.05. The molecule has 0 radical (unpaired) electrons. The fourth-order valence-electron chi connectivity index (χ4n) is 2.93. The molecule has 0 fully saturated rings. The van der Waals surface area contributed by atoms with Gasteiger partial charge in [-0.1, -0.05) is 0 Å². The molecule has 8 heteroatoms. The number of carbonyl (C=O) groups excluding carboxylic acids is 1. The number of furan rings is 1. The molecule has 0 aliphatic rings. The first-order valence-corrected chi connectivity index (χ1v) is 10.0. The van der Waals surface area contributed by atoms with Gasteiger partial charge in [-0.15, -0.1) is 0 Å². The minimum Gasteiger partial charge on any atom is -0.497 e. The average molecular weight is 417 g/mol. The summed E-state index contributed by atoms with van der Waals surface area (Å²) in [7, 11) is 5.26. The highest BCUT2D eigenvalue weighted by atomic mass is 16.5. The number of guanidine groups is 1. The van der Waals surface area contributed by atoms with Crippen LogP contribution in [-0.4, -0.2) is 57.7 Å². The van der Waals surface area contributed by atoms with Crippen LogP contribution in [0.5, 0.6) is 11.5 Å². The Morgan fingerprint density at radius 1 is 1.20 bits per heavy atom. The normalized spacial score (nSPS) is 11.2. The smallest absolute Gasteiger partial charge is 0.287 e. The third kappa shape index (κ3) is 6.43. The molecule has 0 aliphatic carbocycles. The van der Waals surface area contributed by atoms with E-state index < -0.39 is 0 Å². The number of aliphatic imine (C=N–C) groups is 1. The number of ether oxygens (including phenoxy) is 2. The van der Waals surface area contributed by atoms with Crippen LogP contribution in [0.25, 0.3) is 0 Å².